The monoisotopic (exact) mass is 404 g/mol. The van der Waals surface area contributed by atoms with Gasteiger partial charge in [0, 0.05) is 31.3 Å². The molecule has 2 aromatic carbocycles. The van der Waals surface area contributed by atoms with Crippen LogP contribution in [0.3, 0.4) is 0 Å². The van der Waals surface area contributed by atoms with Gasteiger partial charge in [-0.3, -0.25) is 9.59 Å². The van der Waals surface area contributed by atoms with Gasteiger partial charge in [-0.15, -0.1) is 0 Å². The maximum atomic E-state index is 12.5. The first-order chi connectivity index (χ1) is 13.6. The number of nitrogens with one attached hydrogen (secondary N) is 2. The predicted molar refractivity (Wildman–Crippen MR) is 105 cm³/mol. The van der Waals surface area contributed by atoms with E-state index in [1.165, 1.54) is 7.11 Å². The van der Waals surface area contributed by atoms with E-state index in [1.807, 2.05) is 6.07 Å². The first kappa shape index (κ1) is 20.0. The third-order valence-corrected chi connectivity index (χ3v) is 4.28. The lowest BCUT2D eigenvalue weighted by molar-refractivity contribution is -0.119. The van der Waals surface area contributed by atoms with Gasteiger partial charge >= 0.3 is 0 Å². The number of anilines is 1. The summed E-state index contributed by atoms with van der Waals surface area (Å²) in [7, 11) is 1.46. The molecule has 0 saturated carbocycles. The molecule has 1 aliphatic heterocycles. The maximum Gasteiger partial charge on any atom is 0.251 e. The predicted octanol–water partition coefficient (Wildman–Crippen LogP) is 3.02. The van der Waals surface area contributed by atoms with Crippen LogP contribution in [0.4, 0.5) is 5.69 Å². The van der Waals surface area contributed by atoms with Crippen molar-refractivity contribution in [2.45, 2.75) is 13.0 Å². The fourth-order valence-electron chi connectivity index (χ4n) is 2.73. The van der Waals surface area contributed by atoms with Crippen LogP contribution in [0.2, 0.25) is 5.02 Å². The van der Waals surface area contributed by atoms with E-state index in [0.717, 1.165) is 12.0 Å². The van der Waals surface area contributed by atoms with Crippen molar-refractivity contribution in [1.29, 1.82) is 0 Å². The van der Waals surface area contributed by atoms with Crippen LogP contribution in [-0.2, 0) is 16.1 Å². The first-order valence-electron chi connectivity index (χ1n) is 8.82. The summed E-state index contributed by atoms with van der Waals surface area (Å²) in [5, 5.41) is 5.91. The Hall–Kier alpha value is -2.77. The van der Waals surface area contributed by atoms with Crippen molar-refractivity contribution < 1.29 is 23.8 Å². The third kappa shape index (κ3) is 5.15. The van der Waals surface area contributed by atoms with E-state index in [4.69, 9.17) is 25.8 Å². The van der Waals surface area contributed by atoms with Gasteiger partial charge in [0.25, 0.3) is 5.91 Å². The number of methoxy groups -OCH3 is 1. The number of halogens is 1. The highest BCUT2D eigenvalue weighted by atomic mass is 35.5. The van der Waals surface area contributed by atoms with Gasteiger partial charge in [-0.2, -0.15) is 0 Å². The van der Waals surface area contributed by atoms with E-state index in [-0.39, 0.29) is 18.4 Å². The van der Waals surface area contributed by atoms with Crippen LogP contribution >= 0.6 is 11.6 Å². The summed E-state index contributed by atoms with van der Waals surface area (Å²) in [5.74, 6) is 0.408. The average molecular weight is 405 g/mol. The van der Waals surface area contributed by atoms with Gasteiger partial charge in [-0.05, 0) is 29.8 Å². The van der Waals surface area contributed by atoms with Crippen LogP contribution in [-0.4, -0.2) is 38.7 Å². The van der Waals surface area contributed by atoms with Crippen molar-refractivity contribution in [1.82, 2.24) is 5.32 Å². The van der Waals surface area contributed by atoms with Crippen LogP contribution in [0.25, 0.3) is 0 Å². The molecular formula is C20H21ClN2O5. The Labute approximate surface area is 167 Å². The molecule has 3 rings (SSSR count). The lowest BCUT2D eigenvalue weighted by Crippen LogP contribution is -2.23. The van der Waals surface area contributed by atoms with Crippen LogP contribution in [0, 0.1) is 0 Å². The summed E-state index contributed by atoms with van der Waals surface area (Å²) in [6, 6.07) is 10.4. The number of fused-ring (bicyclic) bond motifs is 1. The smallest absolute Gasteiger partial charge is 0.251 e. The highest BCUT2D eigenvalue weighted by molar-refractivity contribution is 6.32. The zero-order valence-corrected chi connectivity index (χ0v) is 16.2. The molecule has 0 radical (unpaired) electrons. The van der Waals surface area contributed by atoms with Gasteiger partial charge in [-0.25, -0.2) is 0 Å². The number of hydrogen-bond acceptors (Lipinski definition) is 5. The second kappa shape index (κ2) is 9.43. The number of rotatable bonds is 6. The van der Waals surface area contributed by atoms with Crippen molar-refractivity contribution >= 4 is 29.1 Å². The molecule has 2 aromatic rings. The quantitative estimate of drug-likeness (QED) is 0.773. The molecule has 0 fully saturated rings. The minimum absolute atomic E-state index is 0.0220. The van der Waals surface area contributed by atoms with Crippen molar-refractivity contribution in [2.24, 2.45) is 0 Å². The van der Waals surface area contributed by atoms with Gasteiger partial charge in [0.15, 0.2) is 11.5 Å². The molecule has 0 spiro atoms. The Morgan fingerprint density at radius 2 is 2.00 bits per heavy atom. The summed E-state index contributed by atoms with van der Waals surface area (Å²) in [4.78, 5) is 24.1. The highest BCUT2D eigenvalue weighted by Gasteiger charge is 2.18. The molecular weight excluding hydrogens is 384 g/mol. The second-order valence-corrected chi connectivity index (χ2v) is 6.61. The largest absolute Gasteiger partial charge is 0.489 e. The van der Waals surface area contributed by atoms with Gasteiger partial charge in [0.05, 0.1) is 18.2 Å². The van der Waals surface area contributed by atoms with Gasteiger partial charge in [-0.1, -0.05) is 23.7 Å². The number of carbonyl (C=O) groups is 2. The fourth-order valence-corrected chi connectivity index (χ4v) is 3.00. The summed E-state index contributed by atoms with van der Waals surface area (Å²) in [5.41, 5.74) is 1.86. The average Bonchev–Trinajstić information content (AvgIpc) is 2.92. The highest BCUT2D eigenvalue weighted by Crippen LogP contribution is 2.37. The number of hydrogen-bond donors (Lipinski definition) is 2. The molecule has 7 nitrogen and oxygen atoms in total. The molecule has 0 unspecified atom stereocenters. The van der Waals surface area contributed by atoms with E-state index < -0.39 is 0 Å². The molecule has 0 bridgehead atoms. The Morgan fingerprint density at radius 1 is 1.18 bits per heavy atom. The van der Waals surface area contributed by atoms with Crippen LogP contribution in [0.5, 0.6) is 11.5 Å². The normalized spacial score (nSPS) is 12.8. The van der Waals surface area contributed by atoms with Gasteiger partial charge in [0.2, 0.25) is 5.91 Å². The Morgan fingerprint density at radius 3 is 2.82 bits per heavy atom. The summed E-state index contributed by atoms with van der Waals surface area (Å²) < 4.78 is 16.0. The first-order valence-corrected chi connectivity index (χ1v) is 9.19. The topological polar surface area (TPSA) is 85.9 Å². The zero-order valence-electron chi connectivity index (χ0n) is 15.4. The van der Waals surface area contributed by atoms with Crippen molar-refractivity contribution in [2.75, 3.05) is 32.2 Å². The number of amides is 2. The van der Waals surface area contributed by atoms with Crippen molar-refractivity contribution in [3.05, 3.63) is 52.5 Å². The summed E-state index contributed by atoms with van der Waals surface area (Å²) >= 11 is 6.24. The van der Waals surface area contributed by atoms with E-state index in [1.54, 1.807) is 30.3 Å². The van der Waals surface area contributed by atoms with Crippen LogP contribution in [0.15, 0.2) is 36.4 Å². The Balaban J connectivity index is 1.65. The molecule has 0 saturated heterocycles. The van der Waals surface area contributed by atoms with E-state index >= 15 is 0 Å². The van der Waals surface area contributed by atoms with Crippen molar-refractivity contribution in [3.63, 3.8) is 0 Å². The van der Waals surface area contributed by atoms with E-state index in [0.29, 0.717) is 47.5 Å². The third-order valence-electron chi connectivity index (χ3n) is 4.00. The summed E-state index contributed by atoms with van der Waals surface area (Å²) in [6.45, 7) is 1.30. The number of benzene rings is 2. The van der Waals surface area contributed by atoms with Crippen LogP contribution in [0.1, 0.15) is 22.3 Å². The Kier molecular flexibility index (Phi) is 6.73. The molecule has 2 amide bonds. The van der Waals surface area contributed by atoms with Gasteiger partial charge in [0.1, 0.15) is 6.61 Å². The minimum atomic E-state index is -0.286. The number of ether oxygens (including phenoxy) is 3. The van der Waals surface area contributed by atoms with Gasteiger partial charge < -0.3 is 24.8 Å². The zero-order chi connectivity index (χ0) is 19.9. The Bertz CT molecular complexity index is 872. The second-order valence-electron chi connectivity index (χ2n) is 6.20. The lowest BCUT2D eigenvalue weighted by Gasteiger charge is -2.12. The molecule has 0 atom stereocenters. The SMILES string of the molecule is COCC(=O)Nc1cccc(CNC(=O)c2cc(Cl)c3c(c2)OCCCO3)c1. The van der Waals surface area contributed by atoms with E-state index in [9.17, 15) is 9.59 Å². The standard InChI is InChI=1S/C20H21ClN2O5/c1-26-12-18(24)23-15-5-2-4-13(8-15)11-22-20(25)14-9-16(21)19-17(10-14)27-6-3-7-28-19/h2,4-5,8-10H,3,6-7,11-12H2,1H3,(H,22,25)(H,23,24). The van der Waals surface area contributed by atoms with E-state index in [2.05, 4.69) is 10.6 Å². The number of carbonyl (C=O) groups excluding carboxylic acids is 2. The van der Waals surface area contributed by atoms with Crippen molar-refractivity contribution in [3.8, 4) is 11.5 Å². The molecule has 8 heteroatoms. The molecule has 0 aromatic heterocycles. The summed E-state index contributed by atoms with van der Waals surface area (Å²) in [6.07, 6.45) is 0.754. The molecule has 28 heavy (non-hydrogen) atoms. The molecule has 0 aliphatic carbocycles. The molecule has 148 valence electrons. The molecule has 2 N–H and O–H groups in total. The lowest BCUT2D eigenvalue weighted by atomic mass is 10.1. The minimum Gasteiger partial charge on any atom is -0.489 e. The fraction of sp³-hybridized carbons (Fsp3) is 0.300. The molecule has 1 aliphatic rings. The van der Waals surface area contributed by atoms with Crippen LogP contribution < -0.4 is 20.1 Å². The maximum absolute atomic E-state index is 12.5. The molecule has 1 heterocycles.